The van der Waals surface area contributed by atoms with E-state index in [9.17, 15) is 14.4 Å². The van der Waals surface area contributed by atoms with Crippen LogP contribution in [0.2, 0.25) is 5.02 Å². The van der Waals surface area contributed by atoms with Crippen LogP contribution < -0.4 is 10.1 Å². The van der Waals surface area contributed by atoms with Gasteiger partial charge in [0.2, 0.25) is 0 Å². The van der Waals surface area contributed by atoms with E-state index in [1.54, 1.807) is 36.4 Å². The Morgan fingerprint density at radius 2 is 1.75 bits per heavy atom. The number of methoxy groups -OCH3 is 1. The lowest BCUT2D eigenvalue weighted by Crippen LogP contribution is -2.28. The first kappa shape index (κ1) is 21.4. The first-order chi connectivity index (χ1) is 13.4. The molecular formula is C21H22ClNO5. The first-order valence-electron chi connectivity index (χ1n) is 8.73. The fraction of sp³-hybridized carbons (Fsp3) is 0.286. The van der Waals surface area contributed by atoms with Crippen molar-refractivity contribution in [3.63, 3.8) is 0 Å². The maximum atomic E-state index is 12.3. The molecule has 0 aliphatic heterocycles. The quantitative estimate of drug-likeness (QED) is 0.512. The van der Waals surface area contributed by atoms with Crippen LogP contribution in [-0.2, 0) is 20.9 Å². The smallest absolute Gasteiger partial charge is 0.306 e. The van der Waals surface area contributed by atoms with E-state index in [1.807, 2.05) is 13.0 Å². The predicted octanol–water partition coefficient (Wildman–Crippen LogP) is 3.48. The maximum Gasteiger partial charge on any atom is 0.306 e. The molecule has 0 saturated heterocycles. The minimum Gasteiger partial charge on any atom is -0.496 e. The Bertz CT molecular complexity index is 848. The number of carbonyl (C=O) groups excluding carboxylic acids is 3. The van der Waals surface area contributed by atoms with Crippen LogP contribution in [0.25, 0.3) is 0 Å². The van der Waals surface area contributed by atoms with Crippen LogP contribution >= 0.6 is 11.6 Å². The molecule has 0 aliphatic carbocycles. The fourth-order valence-electron chi connectivity index (χ4n) is 2.46. The molecule has 7 heteroatoms. The molecule has 0 atom stereocenters. The minimum atomic E-state index is -0.610. The number of esters is 1. The van der Waals surface area contributed by atoms with E-state index in [4.69, 9.17) is 21.1 Å². The molecule has 0 saturated carbocycles. The summed E-state index contributed by atoms with van der Waals surface area (Å²) in [5, 5.41) is 3.26. The highest BCUT2D eigenvalue weighted by Gasteiger charge is 2.15. The number of rotatable bonds is 9. The molecule has 28 heavy (non-hydrogen) atoms. The topological polar surface area (TPSA) is 81.7 Å². The van der Waals surface area contributed by atoms with Crippen molar-refractivity contribution >= 4 is 29.3 Å². The summed E-state index contributed by atoms with van der Waals surface area (Å²) in [4.78, 5) is 35.9. The molecule has 148 valence electrons. The van der Waals surface area contributed by atoms with Crippen molar-refractivity contribution in [1.82, 2.24) is 5.32 Å². The number of aryl methyl sites for hydroxylation is 1. The standard InChI is InChI=1S/C21H22ClNO5/c1-14-3-9-19(27-2)17(11-14)18(24)8-10-21(26)28-13-20(25)23-12-15-4-6-16(22)7-5-15/h3-7,9,11H,8,10,12-13H2,1-2H3,(H,23,25). The van der Waals surface area contributed by atoms with Gasteiger partial charge in [-0.15, -0.1) is 0 Å². The SMILES string of the molecule is COc1ccc(C)cc1C(=O)CCC(=O)OCC(=O)NCc1ccc(Cl)cc1. The second kappa shape index (κ2) is 10.5. The summed E-state index contributed by atoms with van der Waals surface area (Å²) in [6.45, 7) is 1.78. The van der Waals surface area contributed by atoms with Gasteiger partial charge in [0.15, 0.2) is 12.4 Å². The monoisotopic (exact) mass is 403 g/mol. The number of Topliss-reactive ketones (excluding diaryl/α,β-unsaturated/α-hetero) is 1. The molecule has 6 nitrogen and oxygen atoms in total. The highest BCUT2D eigenvalue weighted by molar-refractivity contribution is 6.30. The Balaban J connectivity index is 1.73. The Morgan fingerprint density at radius 1 is 1.04 bits per heavy atom. The van der Waals surface area contributed by atoms with Crippen molar-refractivity contribution in [1.29, 1.82) is 0 Å². The third kappa shape index (κ3) is 6.70. The van der Waals surface area contributed by atoms with Crippen LogP contribution in [-0.4, -0.2) is 31.4 Å². The van der Waals surface area contributed by atoms with Gasteiger partial charge >= 0.3 is 5.97 Å². The van der Waals surface area contributed by atoms with Crippen LogP contribution in [0, 0.1) is 6.92 Å². The van der Waals surface area contributed by atoms with E-state index >= 15 is 0 Å². The zero-order valence-corrected chi connectivity index (χ0v) is 16.5. The van der Waals surface area contributed by atoms with E-state index in [1.165, 1.54) is 7.11 Å². The van der Waals surface area contributed by atoms with Gasteiger partial charge in [0, 0.05) is 18.0 Å². The van der Waals surface area contributed by atoms with Crippen LogP contribution in [0.15, 0.2) is 42.5 Å². The number of nitrogens with one attached hydrogen (secondary N) is 1. The second-order valence-corrected chi connectivity index (χ2v) is 6.63. The Hall–Kier alpha value is -2.86. The normalized spacial score (nSPS) is 10.2. The summed E-state index contributed by atoms with van der Waals surface area (Å²) in [7, 11) is 1.48. The number of amides is 1. The van der Waals surface area contributed by atoms with Gasteiger partial charge in [-0.1, -0.05) is 35.4 Å². The third-order valence-corrected chi connectivity index (χ3v) is 4.23. The van der Waals surface area contributed by atoms with Crippen molar-refractivity contribution in [3.8, 4) is 5.75 Å². The van der Waals surface area contributed by atoms with E-state index in [-0.39, 0.29) is 18.6 Å². The molecule has 0 unspecified atom stereocenters. The van der Waals surface area contributed by atoms with Crippen molar-refractivity contribution in [3.05, 3.63) is 64.2 Å². The summed E-state index contributed by atoms with van der Waals surface area (Å²) in [5.74, 6) is -0.785. The third-order valence-electron chi connectivity index (χ3n) is 3.98. The average molecular weight is 404 g/mol. The molecule has 0 radical (unpaired) electrons. The lowest BCUT2D eigenvalue weighted by Gasteiger charge is -2.09. The van der Waals surface area contributed by atoms with Gasteiger partial charge < -0.3 is 14.8 Å². The van der Waals surface area contributed by atoms with Gasteiger partial charge in [0.05, 0.1) is 19.1 Å². The molecule has 0 aliphatic rings. The molecule has 0 bridgehead atoms. The molecule has 2 aromatic carbocycles. The molecule has 2 rings (SSSR count). The Morgan fingerprint density at radius 3 is 2.43 bits per heavy atom. The number of hydrogen-bond acceptors (Lipinski definition) is 5. The first-order valence-corrected chi connectivity index (χ1v) is 9.11. The molecule has 2 aromatic rings. The molecule has 0 aromatic heterocycles. The highest BCUT2D eigenvalue weighted by atomic mass is 35.5. The van der Waals surface area contributed by atoms with E-state index in [2.05, 4.69) is 5.32 Å². The largest absolute Gasteiger partial charge is 0.496 e. The summed E-state index contributed by atoms with van der Waals surface area (Å²) >= 11 is 5.80. The molecule has 1 N–H and O–H groups in total. The number of carbonyl (C=O) groups is 3. The number of ether oxygens (including phenoxy) is 2. The van der Waals surface area contributed by atoms with E-state index in [0.29, 0.717) is 22.9 Å². The summed E-state index contributed by atoms with van der Waals surface area (Å²) in [5.41, 5.74) is 2.22. The van der Waals surface area contributed by atoms with Crippen molar-refractivity contribution in [2.75, 3.05) is 13.7 Å². The van der Waals surface area contributed by atoms with Crippen molar-refractivity contribution < 1.29 is 23.9 Å². The fourth-order valence-corrected chi connectivity index (χ4v) is 2.59. The molecule has 1 amide bonds. The van der Waals surface area contributed by atoms with Gasteiger partial charge in [-0.25, -0.2) is 0 Å². The maximum absolute atomic E-state index is 12.3. The van der Waals surface area contributed by atoms with E-state index in [0.717, 1.165) is 11.1 Å². The van der Waals surface area contributed by atoms with Gasteiger partial charge in [0.1, 0.15) is 5.75 Å². The highest BCUT2D eigenvalue weighted by Crippen LogP contribution is 2.21. The van der Waals surface area contributed by atoms with E-state index < -0.39 is 18.5 Å². The number of benzene rings is 2. The molecule has 0 fully saturated rings. The van der Waals surface area contributed by atoms with Crippen LogP contribution in [0.4, 0.5) is 0 Å². The van der Waals surface area contributed by atoms with Gasteiger partial charge in [0.25, 0.3) is 5.91 Å². The Kier molecular flexibility index (Phi) is 8.02. The number of halogens is 1. The van der Waals surface area contributed by atoms with Crippen LogP contribution in [0.3, 0.4) is 0 Å². The second-order valence-electron chi connectivity index (χ2n) is 6.19. The van der Waals surface area contributed by atoms with Gasteiger partial charge in [-0.05, 0) is 36.8 Å². The van der Waals surface area contributed by atoms with Crippen molar-refractivity contribution in [2.45, 2.75) is 26.3 Å². The Labute approximate surface area is 168 Å². The lowest BCUT2D eigenvalue weighted by molar-refractivity contribution is -0.148. The zero-order valence-electron chi connectivity index (χ0n) is 15.8. The summed E-state index contributed by atoms with van der Waals surface area (Å²) in [6.07, 6.45) is -0.133. The molecule has 0 heterocycles. The number of hydrogen-bond donors (Lipinski definition) is 1. The lowest BCUT2D eigenvalue weighted by atomic mass is 10.0. The van der Waals surface area contributed by atoms with Crippen LogP contribution in [0.5, 0.6) is 5.75 Å². The zero-order chi connectivity index (χ0) is 20.5. The summed E-state index contributed by atoms with van der Waals surface area (Å²) in [6, 6.07) is 12.3. The molecular weight excluding hydrogens is 382 g/mol. The molecule has 0 spiro atoms. The predicted molar refractivity (Wildman–Crippen MR) is 106 cm³/mol. The average Bonchev–Trinajstić information content (AvgIpc) is 2.69. The van der Waals surface area contributed by atoms with Gasteiger partial charge in [-0.3, -0.25) is 14.4 Å². The summed E-state index contributed by atoms with van der Waals surface area (Å²) < 4.78 is 10.1. The van der Waals surface area contributed by atoms with Gasteiger partial charge in [-0.2, -0.15) is 0 Å². The van der Waals surface area contributed by atoms with Crippen LogP contribution in [0.1, 0.15) is 34.3 Å². The number of ketones is 1. The van der Waals surface area contributed by atoms with Crippen molar-refractivity contribution in [2.24, 2.45) is 0 Å². The minimum absolute atomic E-state index is 0.0228.